The van der Waals surface area contributed by atoms with Crippen LogP contribution in [0.2, 0.25) is 0 Å². The van der Waals surface area contributed by atoms with E-state index in [1.165, 1.54) is 12.1 Å². The Labute approximate surface area is 104 Å². The lowest BCUT2D eigenvalue weighted by molar-refractivity contribution is -0.384. The number of nitro groups is 1. The second-order valence-electron chi connectivity index (χ2n) is 4.93. The molecule has 1 fully saturated rings. The summed E-state index contributed by atoms with van der Waals surface area (Å²) >= 11 is 0. The van der Waals surface area contributed by atoms with Gasteiger partial charge in [0.1, 0.15) is 0 Å². The van der Waals surface area contributed by atoms with E-state index in [0.717, 1.165) is 11.1 Å². The second kappa shape index (κ2) is 4.63. The molecule has 0 N–H and O–H groups in total. The Hall–Kier alpha value is -1.52. The van der Waals surface area contributed by atoms with Crippen molar-refractivity contribution in [3.05, 3.63) is 39.4 Å². The topological polar surface area (TPSA) is 43.1 Å². The van der Waals surface area contributed by atoms with Crippen LogP contribution in [0.25, 0.3) is 0 Å². The summed E-state index contributed by atoms with van der Waals surface area (Å²) in [5.74, 6) is -2.55. The van der Waals surface area contributed by atoms with Crippen LogP contribution in [0.5, 0.6) is 0 Å². The number of aryl methyl sites for hydroxylation is 1. The van der Waals surface area contributed by atoms with Crippen molar-refractivity contribution in [2.75, 3.05) is 0 Å². The zero-order valence-corrected chi connectivity index (χ0v) is 10.2. The maximum absolute atomic E-state index is 13.1. The molecule has 0 amide bonds. The molecule has 1 saturated carbocycles. The van der Waals surface area contributed by atoms with E-state index in [4.69, 9.17) is 0 Å². The van der Waals surface area contributed by atoms with Crippen molar-refractivity contribution >= 4 is 5.69 Å². The van der Waals surface area contributed by atoms with E-state index in [2.05, 4.69) is 0 Å². The molecule has 0 radical (unpaired) electrons. The first-order chi connectivity index (χ1) is 8.39. The molecule has 1 aromatic carbocycles. The van der Waals surface area contributed by atoms with Gasteiger partial charge in [0, 0.05) is 25.0 Å². The van der Waals surface area contributed by atoms with Gasteiger partial charge in [-0.25, -0.2) is 8.78 Å². The van der Waals surface area contributed by atoms with Crippen molar-refractivity contribution in [1.29, 1.82) is 0 Å². The van der Waals surface area contributed by atoms with Crippen molar-refractivity contribution in [2.24, 2.45) is 0 Å². The van der Waals surface area contributed by atoms with Crippen molar-refractivity contribution in [2.45, 2.75) is 44.4 Å². The molecule has 0 saturated heterocycles. The molecule has 18 heavy (non-hydrogen) atoms. The molecular formula is C13H15F2NO2. The molecule has 0 bridgehead atoms. The number of nitrogens with zero attached hydrogens (tertiary/aromatic N) is 1. The Bertz CT molecular complexity index is 464. The van der Waals surface area contributed by atoms with E-state index in [-0.39, 0.29) is 24.4 Å². The number of hydrogen-bond donors (Lipinski definition) is 0. The van der Waals surface area contributed by atoms with Crippen molar-refractivity contribution in [1.82, 2.24) is 0 Å². The van der Waals surface area contributed by atoms with Crippen LogP contribution in [0.4, 0.5) is 14.5 Å². The molecule has 98 valence electrons. The van der Waals surface area contributed by atoms with Crippen molar-refractivity contribution in [3.63, 3.8) is 0 Å². The van der Waals surface area contributed by atoms with Crippen LogP contribution in [-0.2, 0) is 0 Å². The average Bonchev–Trinajstić information content (AvgIpc) is 2.30. The zero-order chi connectivity index (χ0) is 13.3. The van der Waals surface area contributed by atoms with E-state index in [0.29, 0.717) is 12.8 Å². The van der Waals surface area contributed by atoms with Gasteiger partial charge in [-0.05, 0) is 36.8 Å². The number of benzene rings is 1. The van der Waals surface area contributed by atoms with Crippen molar-refractivity contribution in [3.8, 4) is 0 Å². The van der Waals surface area contributed by atoms with E-state index in [1.54, 1.807) is 6.07 Å². The maximum atomic E-state index is 13.1. The molecule has 0 aliphatic heterocycles. The van der Waals surface area contributed by atoms with Gasteiger partial charge in [-0.15, -0.1) is 0 Å². The fraction of sp³-hybridized carbons (Fsp3) is 0.538. The smallest absolute Gasteiger partial charge is 0.258 e. The van der Waals surface area contributed by atoms with Crippen LogP contribution in [0, 0.1) is 17.0 Å². The van der Waals surface area contributed by atoms with Gasteiger partial charge in [0.2, 0.25) is 5.92 Å². The molecule has 3 nitrogen and oxygen atoms in total. The highest BCUT2D eigenvalue weighted by Crippen LogP contribution is 2.42. The molecule has 1 aromatic rings. The summed E-state index contributed by atoms with van der Waals surface area (Å²) in [5, 5.41) is 10.7. The van der Waals surface area contributed by atoms with Crippen LogP contribution < -0.4 is 0 Å². The third-order valence-electron chi connectivity index (χ3n) is 3.63. The maximum Gasteiger partial charge on any atom is 0.269 e. The summed E-state index contributed by atoms with van der Waals surface area (Å²) in [4.78, 5) is 10.3. The van der Waals surface area contributed by atoms with E-state index in [1.807, 2.05) is 6.92 Å². The SMILES string of the molecule is Cc1ccc([N+](=O)[O-])cc1C1CCC(F)(F)CC1. The number of alkyl halides is 2. The zero-order valence-electron chi connectivity index (χ0n) is 10.2. The van der Waals surface area contributed by atoms with Gasteiger partial charge in [-0.3, -0.25) is 10.1 Å². The highest BCUT2D eigenvalue weighted by atomic mass is 19.3. The Morgan fingerprint density at radius 1 is 1.33 bits per heavy atom. The summed E-state index contributed by atoms with van der Waals surface area (Å²) < 4.78 is 26.2. The van der Waals surface area contributed by atoms with Gasteiger partial charge < -0.3 is 0 Å². The normalized spacial score (nSPS) is 19.7. The quantitative estimate of drug-likeness (QED) is 0.587. The summed E-state index contributed by atoms with van der Waals surface area (Å²) in [5.41, 5.74) is 1.82. The van der Waals surface area contributed by atoms with E-state index < -0.39 is 10.8 Å². The third kappa shape index (κ3) is 2.66. The van der Waals surface area contributed by atoms with Gasteiger partial charge in [-0.1, -0.05) is 6.07 Å². The second-order valence-corrected chi connectivity index (χ2v) is 4.93. The van der Waals surface area contributed by atoms with Crippen LogP contribution in [0.3, 0.4) is 0 Å². The highest BCUT2D eigenvalue weighted by Gasteiger charge is 2.35. The molecule has 0 spiro atoms. The van der Waals surface area contributed by atoms with Crippen LogP contribution in [0.1, 0.15) is 42.7 Å². The number of non-ortho nitro benzene ring substituents is 1. The van der Waals surface area contributed by atoms with E-state index >= 15 is 0 Å². The molecule has 0 heterocycles. The molecule has 0 unspecified atom stereocenters. The van der Waals surface area contributed by atoms with Gasteiger partial charge in [-0.2, -0.15) is 0 Å². The molecule has 0 aromatic heterocycles. The van der Waals surface area contributed by atoms with Crippen LogP contribution in [-0.4, -0.2) is 10.8 Å². The summed E-state index contributed by atoms with van der Waals surface area (Å²) in [6.45, 7) is 1.87. The van der Waals surface area contributed by atoms with Gasteiger partial charge >= 0.3 is 0 Å². The molecule has 0 atom stereocenters. The largest absolute Gasteiger partial charge is 0.269 e. The van der Waals surface area contributed by atoms with Crippen molar-refractivity contribution < 1.29 is 13.7 Å². The lowest BCUT2D eigenvalue weighted by atomic mass is 9.80. The van der Waals surface area contributed by atoms with Crippen LogP contribution in [0.15, 0.2) is 18.2 Å². The Morgan fingerprint density at radius 2 is 1.94 bits per heavy atom. The minimum atomic E-state index is -2.56. The Balaban J connectivity index is 2.23. The fourth-order valence-electron chi connectivity index (χ4n) is 2.53. The first-order valence-corrected chi connectivity index (χ1v) is 6.02. The number of hydrogen-bond acceptors (Lipinski definition) is 2. The fourth-order valence-corrected chi connectivity index (χ4v) is 2.53. The number of halogens is 2. The lowest BCUT2D eigenvalue weighted by Crippen LogP contribution is -2.24. The van der Waals surface area contributed by atoms with Gasteiger partial charge in [0.05, 0.1) is 4.92 Å². The predicted molar refractivity (Wildman–Crippen MR) is 64.0 cm³/mol. The minimum Gasteiger partial charge on any atom is -0.258 e. The summed E-state index contributed by atoms with van der Waals surface area (Å²) in [6.07, 6.45) is 0.545. The summed E-state index contributed by atoms with van der Waals surface area (Å²) in [6, 6.07) is 4.68. The predicted octanol–water partition coefficient (Wildman–Crippen LogP) is 4.20. The van der Waals surface area contributed by atoms with Crippen LogP contribution >= 0.6 is 0 Å². The minimum absolute atomic E-state index is 0.0181. The average molecular weight is 255 g/mol. The Morgan fingerprint density at radius 3 is 2.50 bits per heavy atom. The van der Waals surface area contributed by atoms with Gasteiger partial charge in [0.25, 0.3) is 5.69 Å². The summed E-state index contributed by atoms with van der Waals surface area (Å²) in [7, 11) is 0. The van der Waals surface area contributed by atoms with Gasteiger partial charge in [0.15, 0.2) is 0 Å². The number of nitro benzene ring substituents is 1. The lowest BCUT2D eigenvalue weighted by Gasteiger charge is -2.29. The first kappa shape index (κ1) is 12.9. The highest BCUT2D eigenvalue weighted by molar-refractivity contribution is 5.41. The molecule has 1 aliphatic carbocycles. The third-order valence-corrected chi connectivity index (χ3v) is 3.63. The Kier molecular flexibility index (Phi) is 3.32. The number of rotatable bonds is 2. The molecular weight excluding hydrogens is 240 g/mol. The molecule has 1 aliphatic rings. The first-order valence-electron chi connectivity index (χ1n) is 6.02. The monoisotopic (exact) mass is 255 g/mol. The van der Waals surface area contributed by atoms with E-state index in [9.17, 15) is 18.9 Å². The molecule has 5 heteroatoms. The molecule has 2 rings (SSSR count). The standard InChI is InChI=1S/C13H15F2NO2/c1-9-2-3-11(16(17)18)8-12(9)10-4-6-13(14,15)7-5-10/h2-3,8,10H,4-7H2,1H3.